The van der Waals surface area contributed by atoms with E-state index in [-0.39, 0.29) is 11.7 Å². The number of hydrogen-bond donors (Lipinski definition) is 1. The highest BCUT2D eigenvalue weighted by molar-refractivity contribution is 14.1. The number of carbonyl (C=O) groups is 1. The maximum absolute atomic E-state index is 10.4. The molecule has 0 aromatic heterocycles. The van der Waals surface area contributed by atoms with Gasteiger partial charge in [0.1, 0.15) is 5.75 Å². The third kappa shape index (κ3) is 2.35. The van der Waals surface area contributed by atoms with Gasteiger partial charge in [-0.3, -0.25) is 0 Å². The van der Waals surface area contributed by atoms with Crippen molar-refractivity contribution in [3.63, 3.8) is 0 Å². The van der Waals surface area contributed by atoms with E-state index in [1.807, 2.05) is 0 Å². The summed E-state index contributed by atoms with van der Waals surface area (Å²) in [4.78, 5) is 10.4. The zero-order valence-electron chi connectivity index (χ0n) is 6.41. The molecule has 1 aromatic rings. The molecule has 0 radical (unpaired) electrons. The largest absolute Gasteiger partial charge is 0.545 e. The Balaban J connectivity index is 0.00000121. The van der Waals surface area contributed by atoms with Gasteiger partial charge < -0.3 is 19.1 Å². The summed E-state index contributed by atoms with van der Waals surface area (Å²) >= 11 is 1.62. The van der Waals surface area contributed by atoms with Crippen LogP contribution in [0.5, 0.6) is 5.75 Å². The molecule has 4 nitrogen and oxygen atoms in total. The lowest BCUT2D eigenvalue weighted by Gasteiger charge is -2.05. The molecule has 0 aliphatic heterocycles. The first-order valence-electron chi connectivity index (χ1n) is 2.84. The molecule has 0 heterocycles. The SMILES string of the molecule is O=C([O-])c1ccccc1OI.[NH4+]. The summed E-state index contributed by atoms with van der Waals surface area (Å²) in [6, 6.07) is 6.31. The summed E-state index contributed by atoms with van der Waals surface area (Å²) in [6.45, 7) is 0. The minimum absolute atomic E-state index is 0. The van der Waals surface area contributed by atoms with Gasteiger partial charge in [0.2, 0.25) is 0 Å². The monoisotopic (exact) mass is 281 g/mol. The van der Waals surface area contributed by atoms with Crippen LogP contribution in [0.4, 0.5) is 0 Å². The van der Waals surface area contributed by atoms with Crippen LogP contribution in [0.3, 0.4) is 0 Å². The average Bonchev–Trinajstić information content (AvgIpc) is 2.04. The maximum Gasteiger partial charge on any atom is 0.192 e. The first kappa shape index (κ1) is 11.2. The summed E-state index contributed by atoms with van der Waals surface area (Å²) in [5.41, 5.74) is 0.0712. The van der Waals surface area contributed by atoms with E-state index in [1.54, 1.807) is 41.2 Å². The Morgan fingerprint density at radius 3 is 2.42 bits per heavy atom. The highest BCUT2D eigenvalue weighted by Gasteiger charge is 2.00. The van der Waals surface area contributed by atoms with Gasteiger partial charge in [-0.05, 0) is 12.1 Å². The molecular weight excluding hydrogens is 273 g/mol. The second kappa shape index (κ2) is 4.94. The van der Waals surface area contributed by atoms with Crippen molar-refractivity contribution < 1.29 is 13.0 Å². The Bertz CT molecular complexity index is 277. The lowest BCUT2D eigenvalue weighted by atomic mass is 10.2. The maximum atomic E-state index is 10.4. The summed E-state index contributed by atoms with van der Waals surface area (Å²) in [5, 5.41) is 10.4. The predicted molar refractivity (Wildman–Crippen MR) is 51.4 cm³/mol. The van der Waals surface area contributed by atoms with Gasteiger partial charge in [-0.25, -0.2) is 0 Å². The number of carboxylic acid groups (broad SMARTS) is 1. The second-order valence-corrected chi connectivity index (χ2v) is 2.30. The number of carbonyl (C=O) groups excluding carboxylic acids is 1. The summed E-state index contributed by atoms with van der Waals surface area (Å²) in [6.07, 6.45) is 0. The summed E-state index contributed by atoms with van der Waals surface area (Å²) in [5.74, 6) is -0.912. The van der Waals surface area contributed by atoms with E-state index in [1.165, 1.54) is 6.07 Å². The van der Waals surface area contributed by atoms with Gasteiger partial charge in [-0.2, -0.15) is 0 Å². The van der Waals surface area contributed by atoms with Gasteiger partial charge in [-0.15, -0.1) is 0 Å². The Morgan fingerprint density at radius 1 is 1.42 bits per heavy atom. The average molecular weight is 281 g/mol. The second-order valence-electron chi connectivity index (χ2n) is 1.86. The van der Waals surface area contributed by atoms with E-state index in [0.29, 0.717) is 5.75 Å². The van der Waals surface area contributed by atoms with E-state index in [0.717, 1.165) is 0 Å². The van der Waals surface area contributed by atoms with Crippen molar-refractivity contribution in [3.05, 3.63) is 29.8 Å². The molecule has 12 heavy (non-hydrogen) atoms. The highest BCUT2D eigenvalue weighted by Crippen LogP contribution is 2.18. The van der Waals surface area contributed by atoms with Crippen LogP contribution in [-0.2, 0) is 0 Å². The molecule has 0 saturated heterocycles. The number of para-hydroxylation sites is 1. The Morgan fingerprint density at radius 2 is 2.00 bits per heavy atom. The molecule has 1 rings (SSSR count). The van der Waals surface area contributed by atoms with Crippen molar-refractivity contribution in [2.45, 2.75) is 0 Å². The quantitative estimate of drug-likeness (QED) is 0.825. The molecule has 0 spiro atoms. The number of halogens is 1. The van der Waals surface area contributed by atoms with Crippen LogP contribution >= 0.6 is 23.0 Å². The molecule has 0 aliphatic rings. The summed E-state index contributed by atoms with van der Waals surface area (Å²) in [7, 11) is 0. The fourth-order valence-corrected chi connectivity index (χ4v) is 1.09. The van der Waals surface area contributed by atoms with Gasteiger partial charge in [0.15, 0.2) is 23.0 Å². The number of aromatic carboxylic acids is 1. The molecule has 0 bridgehead atoms. The van der Waals surface area contributed by atoms with Crippen molar-refractivity contribution in [1.82, 2.24) is 6.15 Å². The standard InChI is InChI=1S/C7H5IO3.H3N/c8-11-6-4-2-1-3-5(6)7(9)10;/h1-4H,(H,9,10);1H3. The molecule has 0 atom stereocenters. The van der Waals surface area contributed by atoms with E-state index in [9.17, 15) is 9.90 Å². The molecule has 0 saturated carbocycles. The Hall–Kier alpha value is -0.820. The number of quaternary nitrogens is 1. The van der Waals surface area contributed by atoms with E-state index < -0.39 is 5.97 Å². The fourth-order valence-electron chi connectivity index (χ4n) is 0.703. The number of benzene rings is 1. The van der Waals surface area contributed by atoms with Crippen molar-refractivity contribution in [1.29, 1.82) is 0 Å². The first-order chi connectivity index (χ1) is 5.25. The van der Waals surface area contributed by atoms with Crippen molar-refractivity contribution in [3.8, 4) is 5.75 Å². The molecule has 4 N–H and O–H groups in total. The lowest BCUT2D eigenvalue weighted by Crippen LogP contribution is -2.22. The Labute approximate surface area is 83.8 Å². The van der Waals surface area contributed by atoms with Crippen molar-refractivity contribution in [2.75, 3.05) is 0 Å². The van der Waals surface area contributed by atoms with Crippen molar-refractivity contribution in [2.24, 2.45) is 0 Å². The molecule has 0 fully saturated rings. The number of rotatable bonds is 2. The molecule has 0 aliphatic carbocycles. The number of carboxylic acids is 1. The normalized spacial score (nSPS) is 8.42. The van der Waals surface area contributed by atoms with Gasteiger partial charge in [0.25, 0.3) is 0 Å². The molecule has 0 amide bonds. The molecule has 66 valence electrons. The highest BCUT2D eigenvalue weighted by atomic mass is 127. The number of hydrogen-bond acceptors (Lipinski definition) is 3. The van der Waals surface area contributed by atoms with Crippen LogP contribution in [0.2, 0.25) is 0 Å². The zero-order valence-corrected chi connectivity index (χ0v) is 8.57. The van der Waals surface area contributed by atoms with Crippen LogP contribution < -0.4 is 14.3 Å². The fraction of sp³-hybridized carbons (Fsp3) is 0. The van der Waals surface area contributed by atoms with Crippen LogP contribution in [0.25, 0.3) is 0 Å². The molecule has 0 unspecified atom stereocenters. The van der Waals surface area contributed by atoms with Gasteiger partial charge in [0, 0.05) is 5.56 Å². The van der Waals surface area contributed by atoms with Gasteiger partial charge in [0.05, 0.1) is 5.97 Å². The van der Waals surface area contributed by atoms with Gasteiger partial charge >= 0.3 is 0 Å². The minimum Gasteiger partial charge on any atom is -0.545 e. The van der Waals surface area contributed by atoms with Gasteiger partial charge in [-0.1, -0.05) is 12.1 Å². The van der Waals surface area contributed by atoms with Crippen LogP contribution in [0.15, 0.2) is 24.3 Å². The first-order valence-corrected chi connectivity index (χ1v) is 3.72. The Kier molecular flexibility index (Phi) is 4.60. The molecule has 1 aromatic carbocycles. The zero-order chi connectivity index (χ0) is 8.27. The van der Waals surface area contributed by atoms with Crippen LogP contribution in [-0.4, -0.2) is 5.97 Å². The smallest absolute Gasteiger partial charge is 0.192 e. The van der Waals surface area contributed by atoms with Crippen molar-refractivity contribution >= 4 is 29.0 Å². The summed E-state index contributed by atoms with van der Waals surface area (Å²) < 4.78 is 4.76. The van der Waals surface area contributed by atoms with E-state index in [2.05, 4.69) is 0 Å². The van der Waals surface area contributed by atoms with E-state index >= 15 is 0 Å². The van der Waals surface area contributed by atoms with Crippen LogP contribution in [0, 0.1) is 0 Å². The molecular formula is C7H8INO3. The third-order valence-corrected chi connectivity index (χ3v) is 1.66. The predicted octanol–water partition coefficient (Wildman–Crippen LogP) is 1.16. The topological polar surface area (TPSA) is 85.9 Å². The lowest BCUT2D eigenvalue weighted by molar-refractivity contribution is -0.255. The molecule has 5 heteroatoms. The third-order valence-electron chi connectivity index (χ3n) is 1.19. The van der Waals surface area contributed by atoms with Crippen LogP contribution in [0.1, 0.15) is 10.4 Å². The minimum atomic E-state index is -1.22. The van der Waals surface area contributed by atoms with E-state index in [4.69, 9.17) is 3.07 Å².